The number of hydrogen-bond donors (Lipinski definition) is 1. The van der Waals surface area contributed by atoms with Crippen LogP contribution in [0.2, 0.25) is 0 Å². The largest absolute Gasteiger partial charge is 0.321 e. The van der Waals surface area contributed by atoms with E-state index in [0.29, 0.717) is 16.1 Å². The van der Waals surface area contributed by atoms with Crippen molar-refractivity contribution in [2.75, 3.05) is 5.32 Å². The molecule has 1 amide bonds. The topological polar surface area (TPSA) is 72.2 Å². The first-order valence-electron chi connectivity index (χ1n) is 6.60. The molecular formula is C16H12N2O3S. The Morgan fingerprint density at radius 2 is 1.95 bits per heavy atom. The normalized spacial score (nSPS) is 10.6. The van der Waals surface area contributed by atoms with Gasteiger partial charge in [-0.1, -0.05) is 24.3 Å². The molecule has 0 spiro atoms. The van der Waals surface area contributed by atoms with Crippen molar-refractivity contribution < 1.29 is 9.72 Å². The molecule has 0 radical (unpaired) electrons. The Kier molecular flexibility index (Phi) is 3.60. The summed E-state index contributed by atoms with van der Waals surface area (Å²) in [6.07, 6.45) is 0. The summed E-state index contributed by atoms with van der Waals surface area (Å²) in [4.78, 5) is 23.4. The summed E-state index contributed by atoms with van der Waals surface area (Å²) >= 11 is 1.40. The number of carbonyl (C=O) groups is 1. The van der Waals surface area contributed by atoms with E-state index in [-0.39, 0.29) is 11.6 Å². The van der Waals surface area contributed by atoms with Crippen molar-refractivity contribution in [2.45, 2.75) is 6.92 Å². The minimum Gasteiger partial charge on any atom is -0.321 e. The van der Waals surface area contributed by atoms with Crippen LogP contribution in [-0.4, -0.2) is 10.8 Å². The first kappa shape index (κ1) is 14.2. The number of carbonyl (C=O) groups excluding carboxylic acids is 1. The number of fused-ring (bicyclic) bond motifs is 1. The molecule has 0 bridgehead atoms. The van der Waals surface area contributed by atoms with Gasteiger partial charge in [-0.25, -0.2) is 0 Å². The SMILES string of the molecule is Cc1c(NC(=O)c2cc3ccccc3s2)cccc1[N+](=O)[O-]. The second kappa shape index (κ2) is 5.57. The van der Waals surface area contributed by atoms with Gasteiger partial charge in [0.25, 0.3) is 11.6 Å². The molecule has 0 aliphatic carbocycles. The average molecular weight is 312 g/mol. The van der Waals surface area contributed by atoms with Crippen molar-refractivity contribution in [1.29, 1.82) is 0 Å². The van der Waals surface area contributed by atoms with Crippen molar-refractivity contribution in [3.05, 3.63) is 69.1 Å². The average Bonchev–Trinajstić information content (AvgIpc) is 2.93. The molecule has 0 saturated heterocycles. The Morgan fingerprint density at radius 1 is 1.18 bits per heavy atom. The molecule has 1 N–H and O–H groups in total. The van der Waals surface area contributed by atoms with Crippen LogP contribution in [0.1, 0.15) is 15.2 Å². The van der Waals surface area contributed by atoms with Gasteiger partial charge in [-0.15, -0.1) is 11.3 Å². The van der Waals surface area contributed by atoms with Crippen LogP contribution in [0.25, 0.3) is 10.1 Å². The first-order chi connectivity index (χ1) is 10.6. The second-order valence-corrected chi connectivity index (χ2v) is 5.89. The lowest BCUT2D eigenvalue weighted by Gasteiger charge is -2.07. The molecule has 1 heterocycles. The Bertz CT molecular complexity index is 853. The minimum absolute atomic E-state index is 0.00543. The van der Waals surface area contributed by atoms with Crippen LogP contribution in [-0.2, 0) is 0 Å². The summed E-state index contributed by atoms with van der Waals surface area (Å²) in [5.41, 5.74) is 0.896. The Balaban J connectivity index is 1.91. The molecule has 6 heteroatoms. The lowest BCUT2D eigenvalue weighted by molar-refractivity contribution is -0.385. The van der Waals surface area contributed by atoms with E-state index in [2.05, 4.69) is 5.32 Å². The maximum absolute atomic E-state index is 12.3. The highest BCUT2D eigenvalue weighted by Crippen LogP contribution is 2.28. The summed E-state index contributed by atoms with van der Waals surface area (Å²) < 4.78 is 1.03. The highest BCUT2D eigenvalue weighted by Gasteiger charge is 2.16. The van der Waals surface area contributed by atoms with E-state index >= 15 is 0 Å². The molecular weight excluding hydrogens is 300 g/mol. The lowest BCUT2D eigenvalue weighted by Crippen LogP contribution is -2.11. The number of amides is 1. The predicted molar refractivity (Wildman–Crippen MR) is 87.6 cm³/mol. The molecule has 22 heavy (non-hydrogen) atoms. The summed E-state index contributed by atoms with van der Waals surface area (Å²) in [5.74, 6) is -0.259. The maximum atomic E-state index is 12.3. The standard InChI is InChI=1S/C16H12N2O3S/c1-10-12(6-4-7-13(10)18(20)21)17-16(19)15-9-11-5-2-3-8-14(11)22-15/h2-9H,1H3,(H,17,19). The third-order valence-electron chi connectivity index (χ3n) is 3.40. The fraction of sp³-hybridized carbons (Fsp3) is 0.0625. The molecule has 0 atom stereocenters. The van der Waals surface area contributed by atoms with E-state index in [1.54, 1.807) is 19.1 Å². The summed E-state index contributed by atoms with van der Waals surface area (Å²) in [6.45, 7) is 1.62. The third kappa shape index (κ3) is 2.56. The molecule has 3 rings (SSSR count). The van der Waals surface area contributed by atoms with Crippen molar-refractivity contribution in [3.8, 4) is 0 Å². The number of nitrogens with one attached hydrogen (secondary N) is 1. The first-order valence-corrected chi connectivity index (χ1v) is 7.42. The third-order valence-corrected chi connectivity index (χ3v) is 4.51. The van der Waals surface area contributed by atoms with Gasteiger partial charge in [0, 0.05) is 10.8 Å². The zero-order chi connectivity index (χ0) is 15.7. The van der Waals surface area contributed by atoms with Crippen LogP contribution in [0.4, 0.5) is 11.4 Å². The fourth-order valence-corrected chi connectivity index (χ4v) is 3.19. The van der Waals surface area contributed by atoms with E-state index < -0.39 is 4.92 Å². The van der Waals surface area contributed by atoms with Crippen LogP contribution < -0.4 is 5.32 Å². The van der Waals surface area contributed by atoms with Gasteiger partial charge in [-0.05, 0) is 30.5 Å². The molecule has 0 aliphatic rings. The van der Waals surface area contributed by atoms with Gasteiger partial charge in [0.05, 0.1) is 21.1 Å². The molecule has 110 valence electrons. The quantitative estimate of drug-likeness (QED) is 0.576. The Hall–Kier alpha value is -2.73. The van der Waals surface area contributed by atoms with Gasteiger partial charge >= 0.3 is 0 Å². The second-order valence-electron chi connectivity index (χ2n) is 4.81. The molecule has 0 unspecified atom stereocenters. The molecule has 0 fully saturated rings. The van der Waals surface area contributed by atoms with E-state index in [9.17, 15) is 14.9 Å². The number of nitrogens with zero attached hydrogens (tertiary/aromatic N) is 1. The number of rotatable bonds is 3. The number of thiophene rings is 1. The van der Waals surface area contributed by atoms with Crippen LogP contribution in [0.3, 0.4) is 0 Å². The monoisotopic (exact) mass is 312 g/mol. The summed E-state index contributed by atoms with van der Waals surface area (Å²) in [5, 5.41) is 14.7. The number of nitro benzene ring substituents is 1. The lowest BCUT2D eigenvalue weighted by atomic mass is 10.1. The zero-order valence-corrected chi connectivity index (χ0v) is 12.5. The molecule has 2 aromatic carbocycles. The van der Waals surface area contributed by atoms with Gasteiger partial charge in [0.15, 0.2) is 0 Å². The van der Waals surface area contributed by atoms with E-state index in [1.807, 2.05) is 30.3 Å². The number of benzene rings is 2. The van der Waals surface area contributed by atoms with Crippen molar-refractivity contribution in [2.24, 2.45) is 0 Å². The summed E-state index contributed by atoms with van der Waals surface area (Å²) in [7, 11) is 0. The molecule has 1 aromatic heterocycles. The highest BCUT2D eigenvalue weighted by atomic mass is 32.1. The van der Waals surface area contributed by atoms with Crippen LogP contribution in [0.5, 0.6) is 0 Å². The number of anilines is 1. The van der Waals surface area contributed by atoms with Crippen LogP contribution >= 0.6 is 11.3 Å². The van der Waals surface area contributed by atoms with Crippen LogP contribution in [0, 0.1) is 17.0 Å². The maximum Gasteiger partial charge on any atom is 0.274 e. The van der Waals surface area contributed by atoms with Gasteiger partial charge in [0.2, 0.25) is 0 Å². The van der Waals surface area contributed by atoms with Gasteiger partial charge in [0.1, 0.15) is 0 Å². The Labute approximate surface area is 130 Å². The van der Waals surface area contributed by atoms with E-state index in [1.165, 1.54) is 17.4 Å². The molecule has 0 saturated carbocycles. The van der Waals surface area contributed by atoms with Gasteiger partial charge in [-0.2, -0.15) is 0 Å². The number of nitro groups is 1. The van der Waals surface area contributed by atoms with E-state index in [0.717, 1.165) is 10.1 Å². The Morgan fingerprint density at radius 3 is 2.68 bits per heavy atom. The number of hydrogen-bond acceptors (Lipinski definition) is 4. The predicted octanol–water partition coefficient (Wildman–Crippen LogP) is 4.37. The highest BCUT2D eigenvalue weighted by molar-refractivity contribution is 7.20. The minimum atomic E-state index is -0.454. The van der Waals surface area contributed by atoms with Crippen molar-refractivity contribution >= 4 is 38.7 Å². The van der Waals surface area contributed by atoms with Gasteiger partial charge in [-0.3, -0.25) is 14.9 Å². The van der Waals surface area contributed by atoms with E-state index in [4.69, 9.17) is 0 Å². The molecule has 5 nitrogen and oxygen atoms in total. The van der Waals surface area contributed by atoms with Crippen LogP contribution in [0.15, 0.2) is 48.5 Å². The van der Waals surface area contributed by atoms with Crippen molar-refractivity contribution in [1.82, 2.24) is 0 Å². The zero-order valence-electron chi connectivity index (χ0n) is 11.7. The summed E-state index contributed by atoms with van der Waals surface area (Å²) in [6, 6.07) is 14.2. The fourth-order valence-electron chi connectivity index (χ4n) is 2.23. The van der Waals surface area contributed by atoms with Gasteiger partial charge < -0.3 is 5.32 Å². The molecule has 0 aliphatic heterocycles. The smallest absolute Gasteiger partial charge is 0.274 e. The van der Waals surface area contributed by atoms with Crippen molar-refractivity contribution in [3.63, 3.8) is 0 Å². The molecule has 3 aromatic rings.